The number of aliphatic hydroxyl groups is 3. The quantitative estimate of drug-likeness (QED) is 0.0227. The first kappa shape index (κ1) is 47.9. The van der Waals surface area contributed by atoms with Gasteiger partial charge < -0.3 is 34.3 Å². The summed E-state index contributed by atoms with van der Waals surface area (Å²) in [5.41, 5.74) is 0. The molecule has 4 N–H and O–H groups in total. The Balaban J connectivity index is 2.50. The maximum Gasteiger partial charge on any atom is 0.397 e. The van der Waals surface area contributed by atoms with Crippen LogP contribution in [-0.2, 0) is 38.3 Å². The average molecular weight is 753 g/mol. The number of aliphatic hydroxyl groups excluding tert-OH is 3. The summed E-state index contributed by atoms with van der Waals surface area (Å²) in [4.78, 5) is 12.7. The number of hydrogen-bond donors (Lipinski definition) is 4. The molecule has 1 heterocycles. The minimum Gasteiger partial charge on any atom is -0.457 e. The highest BCUT2D eigenvalue weighted by Gasteiger charge is 2.48. The normalized spacial score (nSPS) is 21.7. The largest absolute Gasteiger partial charge is 0.457 e. The van der Waals surface area contributed by atoms with E-state index in [1.165, 1.54) is 89.9 Å². The number of ether oxygens (including phenoxy) is 4. The zero-order valence-electron chi connectivity index (χ0n) is 31.7. The molecule has 13 heteroatoms. The Kier molecular flexibility index (Phi) is 29.3. The molecule has 51 heavy (non-hydrogen) atoms. The maximum atomic E-state index is 12.7. The van der Waals surface area contributed by atoms with Crippen LogP contribution in [-0.4, -0.2) is 97.5 Å². The fourth-order valence-electron chi connectivity index (χ4n) is 6.08. The smallest absolute Gasteiger partial charge is 0.397 e. The standard InChI is InChI=1S/C38H72O12S/c1-3-5-7-9-11-13-15-16-18-20-22-24-26-28-46-30-32(48-34(40)27-25-23-21-19-17-14-12-10-8-6-4-2)31-47-38-36(42)37(50-51(43,44)45)35(41)33(29-39)49-38/h11,13,32-33,35-39,41-42H,3-10,12,14-31H2,1-2H3,(H,43,44,45)/b13-11-. The molecule has 0 radical (unpaired) electrons. The first-order valence-corrected chi connectivity index (χ1v) is 21.3. The monoisotopic (exact) mass is 752 g/mol. The van der Waals surface area contributed by atoms with E-state index in [9.17, 15) is 28.5 Å². The van der Waals surface area contributed by atoms with Crippen LogP contribution in [0.2, 0.25) is 0 Å². The number of unbranched alkanes of at least 4 members (excludes halogenated alkanes) is 19. The zero-order chi connectivity index (χ0) is 37.6. The Morgan fingerprint density at radius 1 is 0.725 bits per heavy atom. The summed E-state index contributed by atoms with van der Waals surface area (Å²) < 4.78 is 58.8. The molecule has 0 aliphatic carbocycles. The van der Waals surface area contributed by atoms with Crippen molar-refractivity contribution in [2.75, 3.05) is 26.4 Å². The first-order chi connectivity index (χ1) is 24.6. The predicted molar refractivity (Wildman–Crippen MR) is 198 cm³/mol. The van der Waals surface area contributed by atoms with Gasteiger partial charge in [0, 0.05) is 13.0 Å². The maximum absolute atomic E-state index is 12.7. The summed E-state index contributed by atoms with van der Waals surface area (Å²) in [5, 5.41) is 30.5. The third-order valence-corrected chi connectivity index (χ3v) is 9.60. The molecule has 0 aromatic heterocycles. The van der Waals surface area contributed by atoms with Crippen LogP contribution in [0.5, 0.6) is 0 Å². The lowest BCUT2D eigenvalue weighted by Crippen LogP contribution is -2.60. The molecule has 0 spiro atoms. The van der Waals surface area contributed by atoms with Crippen molar-refractivity contribution >= 4 is 16.4 Å². The number of carbonyl (C=O) groups excluding carboxylic acids is 1. The van der Waals surface area contributed by atoms with Crippen molar-refractivity contribution in [1.82, 2.24) is 0 Å². The van der Waals surface area contributed by atoms with Gasteiger partial charge in [0.25, 0.3) is 0 Å². The molecule has 6 atom stereocenters. The lowest BCUT2D eigenvalue weighted by molar-refractivity contribution is -0.301. The topological polar surface area (TPSA) is 178 Å². The van der Waals surface area contributed by atoms with E-state index in [2.05, 4.69) is 30.2 Å². The van der Waals surface area contributed by atoms with Crippen LogP contribution in [0.25, 0.3) is 0 Å². The van der Waals surface area contributed by atoms with Crippen molar-refractivity contribution in [3.05, 3.63) is 12.2 Å². The highest BCUT2D eigenvalue weighted by molar-refractivity contribution is 7.80. The van der Waals surface area contributed by atoms with Gasteiger partial charge in [0.15, 0.2) is 6.29 Å². The van der Waals surface area contributed by atoms with E-state index >= 15 is 0 Å². The van der Waals surface area contributed by atoms with Gasteiger partial charge in [0.2, 0.25) is 0 Å². The van der Waals surface area contributed by atoms with Gasteiger partial charge in [-0.15, -0.1) is 0 Å². The van der Waals surface area contributed by atoms with Crippen LogP contribution in [0.3, 0.4) is 0 Å². The van der Waals surface area contributed by atoms with Crippen LogP contribution in [0, 0.1) is 0 Å². The summed E-state index contributed by atoms with van der Waals surface area (Å²) in [7, 11) is -5.05. The van der Waals surface area contributed by atoms with Crippen molar-refractivity contribution < 1.29 is 56.2 Å². The third-order valence-electron chi connectivity index (χ3n) is 9.14. The average Bonchev–Trinajstić information content (AvgIpc) is 3.09. The van der Waals surface area contributed by atoms with Crippen molar-refractivity contribution in [3.63, 3.8) is 0 Å². The Labute approximate surface area is 308 Å². The second kappa shape index (κ2) is 31.2. The van der Waals surface area contributed by atoms with Crippen molar-refractivity contribution in [2.24, 2.45) is 0 Å². The summed E-state index contributed by atoms with van der Waals surface area (Å²) >= 11 is 0. The Morgan fingerprint density at radius 2 is 1.24 bits per heavy atom. The van der Waals surface area contributed by atoms with Crippen molar-refractivity contribution in [2.45, 2.75) is 198 Å². The van der Waals surface area contributed by atoms with Gasteiger partial charge in [-0.05, 0) is 38.5 Å². The summed E-state index contributed by atoms with van der Waals surface area (Å²) in [6.45, 7) is 3.93. The molecule has 1 aliphatic rings. The number of rotatable bonds is 34. The van der Waals surface area contributed by atoms with Gasteiger partial charge in [-0.3, -0.25) is 9.35 Å². The fraction of sp³-hybridized carbons (Fsp3) is 0.921. The highest BCUT2D eigenvalue weighted by Crippen LogP contribution is 2.26. The molecule has 1 saturated heterocycles. The Bertz CT molecular complexity index is 963. The van der Waals surface area contributed by atoms with Crippen LogP contribution in [0.1, 0.15) is 162 Å². The van der Waals surface area contributed by atoms with E-state index in [1.54, 1.807) is 0 Å². The lowest BCUT2D eigenvalue weighted by Gasteiger charge is -2.41. The summed E-state index contributed by atoms with van der Waals surface area (Å²) in [6.07, 6.45) is 21.1. The predicted octanol–water partition coefficient (Wildman–Crippen LogP) is 7.13. The molecule has 1 rings (SSSR count). The molecule has 0 aromatic carbocycles. The molecule has 6 unspecified atom stereocenters. The molecular formula is C38H72O12S. The molecule has 0 amide bonds. The molecule has 1 fully saturated rings. The van der Waals surface area contributed by atoms with Crippen LogP contribution in [0.15, 0.2) is 12.2 Å². The van der Waals surface area contributed by atoms with Gasteiger partial charge in [-0.1, -0.05) is 129 Å². The molecule has 1 aliphatic heterocycles. The third kappa shape index (κ3) is 25.5. The lowest BCUT2D eigenvalue weighted by atomic mass is 9.99. The van der Waals surface area contributed by atoms with E-state index in [1.807, 2.05) is 0 Å². The van der Waals surface area contributed by atoms with Gasteiger partial charge in [0.1, 0.15) is 30.5 Å². The molecule has 12 nitrogen and oxygen atoms in total. The first-order valence-electron chi connectivity index (χ1n) is 19.9. The van der Waals surface area contributed by atoms with Gasteiger partial charge in [-0.25, -0.2) is 4.18 Å². The second-order valence-electron chi connectivity index (χ2n) is 13.9. The molecule has 0 aromatic rings. The minimum absolute atomic E-state index is 0.0361. The van der Waals surface area contributed by atoms with Crippen LogP contribution >= 0.6 is 0 Å². The summed E-state index contributed by atoms with van der Waals surface area (Å²) in [5.74, 6) is -0.403. The van der Waals surface area contributed by atoms with Gasteiger partial charge >= 0.3 is 16.4 Å². The van der Waals surface area contributed by atoms with Gasteiger partial charge in [0.05, 0.1) is 19.8 Å². The van der Waals surface area contributed by atoms with E-state index in [4.69, 9.17) is 23.5 Å². The van der Waals surface area contributed by atoms with E-state index in [0.717, 1.165) is 44.9 Å². The van der Waals surface area contributed by atoms with Crippen molar-refractivity contribution in [1.29, 1.82) is 0 Å². The second-order valence-corrected chi connectivity index (χ2v) is 14.9. The van der Waals surface area contributed by atoms with E-state index in [0.29, 0.717) is 13.0 Å². The SMILES string of the molecule is CCCCC/C=C\CCCCCCCCOCC(COC1OC(CO)C(O)C(OS(=O)(=O)O)C1O)OC(=O)CCCCCCCCCCCCC. The van der Waals surface area contributed by atoms with Crippen LogP contribution in [0.4, 0.5) is 0 Å². The minimum atomic E-state index is -5.05. The van der Waals surface area contributed by atoms with Gasteiger partial charge in [-0.2, -0.15) is 8.42 Å². The zero-order valence-corrected chi connectivity index (χ0v) is 32.5. The Morgan fingerprint density at radius 3 is 1.80 bits per heavy atom. The molecular weight excluding hydrogens is 680 g/mol. The molecule has 0 saturated carbocycles. The molecule has 0 bridgehead atoms. The molecule has 302 valence electrons. The van der Waals surface area contributed by atoms with E-state index in [-0.39, 0.29) is 19.6 Å². The van der Waals surface area contributed by atoms with E-state index < -0.39 is 59.8 Å². The summed E-state index contributed by atoms with van der Waals surface area (Å²) in [6, 6.07) is 0. The number of esters is 1. The van der Waals surface area contributed by atoms with Crippen molar-refractivity contribution in [3.8, 4) is 0 Å². The Hall–Kier alpha value is -1.16. The number of allylic oxidation sites excluding steroid dienone is 2. The fourth-order valence-corrected chi connectivity index (χ4v) is 6.59. The highest BCUT2D eigenvalue weighted by atomic mass is 32.3. The van der Waals surface area contributed by atoms with Crippen LogP contribution < -0.4 is 0 Å². The number of carbonyl (C=O) groups is 1. The number of hydrogen-bond acceptors (Lipinski definition) is 11.